The van der Waals surface area contributed by atoms with Crippen LogP contribution in [0.5, 0.6) is 5.75 Å². The lowest BCUT2D eigenvalue weighted by Gasteiger charge is -2.40. The van der Waals surface area contributed by atoms with E-state index in [2.05, 4.69) is 51.4 Å². The molecular formula is C45H42Cl3N5O4. The first-order valence-electron chi connectivity index (χ1n) is 19.4. The van der Waals surface area contributed by atoms with Gasteiger partial charge >= 0.3 is 6.09 Å². The van der Waals surface area contributed by atoms with Gasteiger partial charge in [-0.1, -0.05) is 84.2 Å². The standard InChI is InChI=1S/C45H42Cl3N5O4/c1-26-8-6-17-53-42(32-13-11-28(46)23-34(32)48)33-22-29(47)24-36-39(33)40(43(53)38(26)27-9-4-3-5-10-27)41(49-36)44(54)50-35-25-31(56-2)12-14-37(35)51-19-15-30(16-20-51)52-18-7-21-57-45(52)55/h3-6,9-14,17,22-26,30,42,49H,7-8,15-16,18-21H2,1-2H3,(H,50,54). The second kappa shape index (κ2) is 15.3. The second-order valence-electron chi connectivity index (χ2n) is 15.1. The fraction of sp³-hybridized carbons (Fsp3) is 0.289. The Labute approximate surface area is 346 Å². The van der Waals surface area contributed by atoms with E-state index in [1.807, 2.05) is 65.6 Å². The first kappa shape index (κ1) is 37.5. The van der Waals surface area contributed by atoms with Crippen molar-refractivity contribution in [2.75, 3.05) is 43.6 Å². The molecule has 2 amide bonds. The number of hydrogen-bond acceptors (Lipinski definition) is 6. The van der Waals surface area contributed by atoms with Crippen LogP contribution in [-0.2, 0) is 4.74 Å². The fourth-order valence-electron chi connectivity index (χ4n) is 9.12. The summed E-state index contributed by atoms with van der Waals surface area (Å²) in [5.41, 5.74) is 8.38. The lowest BCUT2D eigenvalue weighted by atomic mass is 9.82. The van der Waals surface area contributed by atoms with Gasteiger partial charge in [-0.25, -0.2) is 4.79 Å². The highest BCUT2D eigenvalue weighted by atomic mass is 35.5. The third kappa shape index (κ3) is 6.79. The zero-order chi connectivity index (χ0) is 39.4. The lowest BCUT2D eigenvalue weighted by Crippen LogP contribution is -2.50. The van der Waals surface area contributed by atoms with Crippen molar-refractivity contribution in [2.24, 2.45) is 5.92 Å². The Hall–Kier alpha value is -5.09. The number of benzene rings is 4. The normalized spacial score (nSPS) is 19.7. The number of ether oxygens (including phenoxy) is 2. The minimum absolute atomic E-state index is 0.111. The average molecular weight is 823 g/mol. The minimum Gasteiger partial charge on any atom is -0.497 e. The SMILES string of the molecule is COc1ccc(N2CCC(N3CCCOC3=O)CC2)c(NC(=O)c2[nH]c3cc(Cl)cc4c3c2C2=C(c3ccccc3)C(C)CC=CN2C4c2ccc(Cl)cc2Cl)c1. The number of H-pyrrole nitrogens is 1. The number of piperidine rings is 1. The number of nitrogens with zero attached hydrogens (tertiary/aromatic N) is 3. The molecule has 2 saturated heterocycles. The fourth-order valence-corrected chi connectivity index (χ4v) is 9.86. The van der Waals surface area contributed by atoms with Gasteiger partial charge in [-0.2, -0.15) is 0 Å². The first-order chi connectivity index (χ1) is 27.7. The Morgan fingerprint density at radius 2 is 1.74 bits per heavy atom. The first-order valence-corrected chi connectivity index (χ1v) is 20.6. The summed E-state index contributed by atoms with van der Waals surface area (Å²) in [4.78, 5) is 37.5. The van der Waals surface area contributed by atoms with Crippen molar-refractivity contribution in [1.29, 1.82) is 0 Å². The maximum Gasteiger partial charge on any atom is 0.410 e. The average Bonchev–Trinajstić information content (AvgIpc) is 3.50. The molecule has 9 rings (SSSR count). The van der Waals surface area contributed by atoms with Gasteiger partial charge in [-0.05, 0) is 90.3 Å². The predicted molar refractivity (Wildman–Crippen MR) is 228 cm³/mol. The molecule has 0 bridgehead atoms. The largest absolute Gasteiger partial charge is 0.497 e. The molecule has 292 valence electrons. The molecule has 9 nitrogen and oxygen atoms in total. The van der Waals surface area contributed by atoms with Crippen molar-refractivity contribution < 1.29 is 19.1 Å². The van der Waals surface area contributed by atoms with Crippen LogP contribution < -0.4 is 15.0 Å². The number of halogens is 3. The molecule has 4 aliphatic heterocycles. The van der Waals surface area contributed by atoms with Crippen molar-refractivity contribution in [3.63, 3.8) is 0 Å². The summed E-state index contributed by atoms with van der Waals surface area (Å²) in [6, 6.07) is 25.4. The number of aromatic amines is 1. The number of anilines is 2. The summed E-state index contributed by atoms with van der Waals surface area (Å²) >= 11 is 20.4. The molecule has 57 heavy (non-hydrogen) atoms. The zero-order valence-corrected chi connectivity index (χ0v) is 33.9. The van der Waals surface area contributed by atoms with E-state index in [0.717, 1.165) is 82.3 Å². The van der Waals surface area contributed by atoms with Crippen LogP contribution in [0.3, 0.4) is 0 Å². The molecular weight excluding hydrogens is 781 g/mol. The van der Waals surface area contributed by atoms with Crippen LogP contribution in [0.15, 0.2) is 91.1 Å². The molecule has 5 aromatic rings. The van der Waals surface area contributed by atoms with Crippen LogP contribution in [0.4, 0.5) is 16.2 Å². The maximum absolute atomic E-state index is 15.1. The Balaban J connectivity index is 1.18. The summed E-state index contributed by atoms with van der Waals surface area (Å²) in [6.07, 6.45) is 7.30. The number of hydrogen-bond donors (Lipinski definition) is 2. The highest BCUT2D eigenvalue weighted by Gasteiger charge is 2.41. The van der Waals surface area contributed by atoms with Crippen molar-refractivity contribution in [2.45, 2.75) is 44.7 Å². The number of allylic oxidation sites excluding steroid dienone is 2. The summed E-state index contributed by atoms with van der Waals surface area (Å²) in [5, 5.41) is 5.83. The van der Waals surface area contributed by atoms with Gasteiger partial charge in [-0.15, -0.1) is 0 Å². The summed E-state index contributed by atoms with van der Waals surface area (Å²) < 4.78 is 11.0. The molecule has 1 aromatic heterocycles. The van der Waals surface area contributed by atoms with Crippen molar-refractivity contribution in [3.05, 3.63) is 134 Å². The quantitative estimate of drug-likeness (QED) is 0.170. The molecule has 5 heterocycles. The summed E-state index contributed by atoms with van der Waals surface area (Å²) in [7, 11) is 1.62. The molecule has 4 aliphatic rings. The van der Waals surface area contributed by atoms with Crippen LogP contribution in [0.1, 0.15) is 71.4 Å². The van der Waals surface area contributed by atoms with Crippen molar-refractivity contribution in [3.8, 4) is 5.75 Å². The Bertz CT molecular complexity index is 2460. The molecule has 2 fully saturated rings. The van der Waals surface area contributed by atoms with Crippen LogP contribution in [-0.4, -0.2) is 66.2 Å². The number of carbonyl (C=O) groups is 2. The molecule has 0 spiro atoms. The highest BCUT2D eigenvalue weighted by molar-refractivity contribution is 6.35. The second-order valence-corrected chi connectivity index (χ2v) is 16.4. The molecule has 0 aliphatic carbocycles. The third-order valence-corrected chi connectivity index (χ3v) is 12.5. The Kier molecular flexibility index (Phi) is 10.1. The topological polar surface area (TPSA) is 90.1 Å². The number of nitrogens with one attached hydrogen (secondary N) is 2. The number of rotatable bonds is 7. The van der Waals surface area contributed by atoms with E-state index in [1.165, 1.54) is 0 Å². The number of amides is 2. The number of methoxy groups -OCH3 is 1. The summed E-state index contributed by atoms with van der Waals surface area (Å²) in [5.74, 6) is 0.435. The molecule has 4 aromatic carbocycles. The van der Waals surface area contributed by atoms with Crippen LogP contribution in [0.2, 0.25) is 15.1 Å². The molecule has 0 saturated carbocycles. The monoisotopic (exact) mass is 821 g/mol. The van der Waals surface area contributed by atoms with E-state index in [-0.39, 0.29) is 30.0 Å². The number of cyclic esters (lactones) is 1. The summed E-state index contributed by atoms with van der Waals surface area (Å²) in [6.45, 7) is 4.85. The van der Waals surface area contributed by atoms with Gasteiger partial charge in [0.15, 0.2) is 0 Å². The number of fused-ring (bicyclic) bond motifs is 2. The van der Waals surface area contributed by atoms with Gasteiger partial charge in [-0.3, -0.25) is 4.79 Å². The lowest BCUT2D eigenvalue weighted by molar-refractivity contribution is 0.0499. The number of carbonyl (C=O) groups excluding carboxylic acids is 2. The molecule has 2 N–H and O–H groups in total. The van der Waals surface area contributed by atoms with E-state index in [1.54, 1.807) is 13.2 Å². The van der Waals surface area contributed by atoms with E-state index >= 15 is 4.79 Å². The third-order valence-electron chi connectivity index (χ3n) is 11.7. The Morgan fingerprint density at radius 3 is 2.49 bits per heavy atom. The molecule has 0 radical (unpaired) electrons. The van der Waals surface area contributed by atoms with E-state index in [4.69, 9.17) is 44.3 Å². The predicted octanol–water partition coefficient (Wildman–Crippen LogP) is 11.0. The Morgan fingerprint density at radius 1 is 0.930 bits per heavy atom. The number of aromatic nitrogens is 1. The van der Waals surface area contributed by atoms with E-state index in [9.17, 15) is 4.79 Å². The van der Waals surface area contributed by atoms with Crippen molar-refractivity contribution in [1.82, 2.24) is 14.8 Å². The van der Waals surface area contributed by atoms with Gasteiger partial charge < -0.3 is 34.5 Å². The van der Waals surface area contributed by atoms with E-state index < -0.39 is 0 Å². The van der Waals surface area contributed by atoms with Gasteiger partial charge in [0.1, 0.15) is 11.4 Å². The van der Waals surface area contributed by atoms with Crippen LogP contribution in [0, 0.1) is 5.92 Å². The maximum atomic E-state index is 15.1. The zero-order valence-electron chi connectivity index (χ0n) is 31.7. The van der Waals surface area contributed by atoms with Gasteiger partial charge in [0.2, 0.25) is 0 Å². The van der Waals surface area contributed by atoms with Gasteiger partial charge in [0, 0.05) is 69.5 Å². The van der Waals surface area contributed by atoms with Gasteiger partial charge in [0.05, 0.1) is 36.8 Å². The molecule has 2 atom stereocenters. The van der Waals surface area contributed by atoms with Crippen molar-refractivity contribution >= 4 is 80.4 Å². The van der Waals surface area contributed by atoms with Crippen LogP contribution in [0.25, 0.3) is 22.2 Å². The smallest absolute Gasteiger partial charge is 0.410 e. The van der Waals surface area contributed by atoms with Gasteiger partial charge in [0.25, 0.3) is 5.91 Å². The minimum atomic E-state index is -0.370. The molecule has 12 heteroatoms. The van der Waals surface area contributed by atoms with E-state index in [0.29, 0.717) is 51.9 Å². The molecule has 2 unspecified atom stereocenters. The highest BCUT2D eigenvalue weighted by Crippen LogP contribution is 2.54. The van der Waals surface area contributed by atoms with Crippen LogP contribution >= 0.6 is 34.8 Å².